The van der Waals surface area contributed by atoms with Gasteiger partial charge < -0.3 is 30.4 Å². The van der Waals surface area contributed by atoms with Crippen LogP contribution in [0.15, 0.2) is 12.7 Å². The Hall–Kier alpha value is -1.63. The molecule has 1 fully saturated rings. The summed E-state index contributed by atoms with van der Waals surface area (Å²) in [5, 5.41) is 23.5. The zero-order valence-corrected chi connectivity index (χ0v) is 18.7. The molecule has 0 aromatic carbocycles. The molecular formula is C18H32N6O4Si. The van der Waals surface area contributed by atoms with Crippen LogP contribution in [0.4, 0.5) is 5.82 Å². The maximum Gasteiger partial charge on any atom is 0.192 e. The highest BCUT2D eigenvalue weighted by Gasteiger charge is 2.46. The first-order valence-electron chi connectivity index (χ1n) is 9.81. The Bertz CT molecular complexity index is 839. The zero-order valence-electron chi connectivity index (χ0n) is 17.7. The van der Waals surface area contributed by atoms with Crippen LogP contribution in [0.1, 0.15) is 27.0 Å². The Labute approximate surface area is 171 Å². The van der Waals surface area contributed by atoms with Gasteiger partial charge in [0, 0.05) is 6.54 Å². The largest absolute Gasteiger partial charge is 0.414 e. The summed E-state index contributed by atoms with van der Waals surface area (Å²) in [5.74, 6) is 0.272. The molecule has 5 N–H and O–H groups in total. The monoisotopic (exact) mass is 424 g/mol. The number of anilines is 1. The first-order valence-corrected chi connectivity index (χ1v) is 12.7. The summed E-state index contributed by atoms with van der Waals surface area (Å²) in [7, 11) is -1.99. The van der Waals surface area contributed by atoms with Gasteiger partial charge >= 0.3 is 0 Å². The lowest BCUT2D eigenvalue weighted by molar-refractivity contribution is -0.0473. The van der Waals surface area contributed by atoms with Crippen LogP contribution < -0.4 is 11.1 Å². The predicted molar refractivity (Wildman–Crippen MR) is 112 cm³/mol. The molecule has 1 aliphatic heterocycles. The van der Waals surface area contributed by atoms with E-state index in [1.807, 2.05) is 0 Å². The van der Waals surface area contributed by atoms with Crippen LogP contribution in [0.5, 0.6) is 0 Å². The zero-order chi connectivity index (χ0) is 21.4. The fourth-order valence-corrected chi connectivity index (χ4v) is 4.18. The van der Waals surface area contributed by atoms with Crippen molar-refractivity contribution in [2.45, 2.75) is 63.4 Å². The first kappa shape index (κ1) is 22.1. The molecule has 2 aromatic heterocycles. The molecule has 29 heavy (non-hydrogen) atoms. The maximum absolute atomic E-state index is 11.0. The minimum atomic E-state index is -1.99. The average molecular weight is 425 g/mol. The van der Waals surface area contributed by atoms with Crippen molar-refractivity contribution in [3.8, 4) is 0 Å². The second-order valence-electron chi connectivity index (χ2n) is 8.91. The van der Waals surface area contributed by atoms with E-state index in [1.165, 1.54) is 6.33 Å². The Kier molecular flexibility index (Phi) is 6.27. The second kappa shape index (κ2) is 8.24. The van der Waals surface area contributed by atoms with Crippen LogP contribution >= 0.6 is 0 Å². The number of aromatic nitrogens is 4. The second-order valence-corrected chi connectivity index (χ2v) is 13.7. The molecule has 1 aliphatic rings. The molecule has 162 valence electrons. The number of nitrogens with zero attached hydrogens (tertiary/aromatic N) is 4. The molecule has 0 amide bonds. The van der Waals surface area contributed by atoms with E-state index in [0.29, 0.717) is 24.3 Å². The Morgan fingerprint density at radius 2 is 2.03 bits per heavy atom. The minimum absolute atomic E-state index is 0.0402. The maximum atomic E-state index is 11.0. The number of fused-ring (bicyclic) bond motifs is 1. The van der Waals surface area contributed by atoms with E-state index in [2.05, 4.69) is 54.1 Å². The molecular weight excluding hydrogens is 392 g/mol. The van der Waals surface area contributed by atoms with E-state index in [0.717, 1.165) is 0 Å². The van der Waals surface area contributed by atoms with Crippen molar-refractivity contribution in [3.05, 3.63) is 12.7 Å². The summed E-state index contributed by atoms with van der Waals surface area (Å²) in [6, 6.07) is -0.409. The molecule has 3 heterocycles. The molecule has 0 unspecified atom stereocenters. The van der Waals surface area contributed by atoms with Crippen molar-refractivity contribution in [3.63, 3.8) is 0 Å². The highest BCUT2D eigenvalue weighted by atomic mass is 28.4. The third-order valence-electron chi connectivity index (χ3n) is 5.94. The van der Waals surface area contributed by atoms with Gasteiger partial charge in [-0.1, -0.05) is 20.8 Å². The summed E-state index contributed by atoms with van der Waals surface area (Å²) in [6.07, 6.45) is 0.912. The van der Waals surface area contributed by atoms with Crippen LogP contribution in [0.2, 0.25) is 18.1 Å². The van der Waals surface area contributed by atoms with Crippen LogP contribution in [0.25, 0.3) is 11.2 Å². The van der Waals surface area contributed by atoms with Gasteiger partial charge in [0.2, 0.25) is 0 Å². The van der Waals surface area contributed by atoms with E-state index in [9.17, 15) is 10.2 Å². The number of aliphatic hydroxyl groups excluding tert-OH is 2. The molecule has 3 rings (SSSR count). The minimum Gasteiger partial charge on any atom is -0.414 e. The van der Waals surface area contributed by atoms with Gasteiger partial charge in [0.1, 0.15) is 24.1 Å². The van der Waals surface area contributed by atoms with Gasteiger partial charge in [-0.3, -0.25) is 4.57 Å². The van der Waals surface area contributed by atoms with Crippen molar-refractivity contribution in [1.82, 2.24) is 24.8 Å². The van der Waals surface area contributed by atoms with Gasteiger partial charge in [0.25, 0.3) is 0 Å². The third-order valence-corrected chi connectivity index (χ3v) is 10.4. The summed E-state index contributed by atoms with van der Waals surface area (Å²) in [5.41, 5.74) is 6.83. The normalized spacial score (nSPS) is 25.8. The number of nitrogens with two attached hydrogens (primary N) is 1. The SMILES string of the molecule is CC(C)(C)[Si](C)(C)OC[C@H]1O[C@@H](n2cnc3c(N)ncnc32)[C@@H](O)[C@@H]1NCCO. The van der Waals surface area contributed by atoms with Crippen molar-refractivity contribution in [1.29, 1.82) is 0 Å². The summed E-state index contributed by atoms with van der Waals surface area (Å²) in [6.45, 7) is 11.5. The molecule has 0 spiro atoms. The fraction of sp³-hybridized carbons (Fsp3) is 0.722. The molecule has 10 nitrogen and oxygen atoms in total. The lowest BCUT2D eigenvalue weighted by atomic mass is 10.1. The van der Waals surface area contributed by atoms with Crippen molar-refractivity contribution < 1.29 is 19.4 Å². The lowest BCUT2D eigenvalue weighted by Crippen LogP contribution is -2.49. The molecule has 4 atom stereocenters. The molecule has 0 bridgehead atoms. The number of ether oxygens (including phenoxy) is 1. The standard InChI is InChI=1S/C18H32N6O4Si/c1-18(2,3)29(4,5)27-8-11-12(20-6-7-25)14(26)17(28-11)24-10-23-13-15(19)21-9-22-16(13)24/h9-12,14,17,20,25-26H,6-8H2,1-5H3,(H2,19,21,22)/t11-,12-,14+,17-/m1/s1. The van der Waals surface area contributed by atoms with Crippen molar-refractivity contribution in [2.75, 3.05) is 25.5 Å². The summed E-state index contributed by atoms with van der Waals surface area (Å²) < 4.78 is 14.2. The van der Waals surface area contributed by atoms with Crippen molar-refractivity contribution >= 4 is 25.3 Å². The molecule has 2 aromatic rings. The highest BCUT2D eigenvalue weighted by molar-refractivity contribution is 6.74. The van der Waals surface area contributed by atoms with E-state index < -0.39 is 32.8 Å². The Morgan fingerprint density at radius 3 is 2.69 bits per heavy atom. The Morgan fingerprint density at radius 1 is 1.31 bits per heavy atom. The van der Waals surface area contributed by atoms with Crippen LogP contribution in [0, 0.1) is 0 Å². The van der Waals surface area contributed by atoms with Crippen molar-refractivity contribution in [2.24, 2.45) is 0 Å². The number of aliphatic hydroxyl groups is 2. The van der Waals surface area contributed by atoms with Crippen LogP contribution in [-0.2, 0) is 9.16 Å². The van der Waals surface area contributed by atoms with Gasteiger partial charge in [0.05, 0.1) is 25.6 Å². The number of hydrogen-bond acceptors (Lipinski definition) is 9. The first-order chi connectivity index (χ1) is 13.6. The molecule has 1 saturated heterocycles. The van der Waals surface area contributed by atoms with Crippen LogP contribution in [0.3, 0.4) is 0 Å². The summed E-state index contributed by atoms with van der Waals surface area (Å²) in [4.78, 5) is 12.5. The quantitative estimate of drug-likeness (QED) is 0.471. The Balaban J connectivity index is 1.84. The number of nitrogens with one attached hydrogen (secondary N) is 1. The van der Waals surface area contributed by atoms with Gasteiger partial charge in [0.15, 0.2) is 26.0 Å². The molecule has 0 saturated carbocycles. The van der Waals surface area contributed by atoms with Gasteiger partial charge in [-0.25, -0.2) is 15.0 Å². The highest BCUT2D eigenvalue weighted by Crippen LogP contribution is 2.38. The predicted octanol–water partition coefficient (Wildman–Crippen LogP) is 0.639. The van der Waals surface area contributed by atoms with E-state index in [4.69, 9.17) is 14.9 Å². The summed E-state index contributed by atoms with van der Waals surface area (Å²) >= 11 is 0. The number of hydrogen-bond donors (Lipinski definition) is 4. The fourth-order valence-electron chi connectivity index (χ4n) is 3.16. The third kappa shape index (κ3) is 4.30. The smallest absolute Gasteiger partial charge is 0.192 e. The van der Waals surface area contributed by atoms with E-state index in [-0.39, 0.29) is 17.5 Å². The number of rotatable bonds is 7. The molecule has 0 aliphatic carbocycles. The van der Waals surface area contributed by atoms with Gasteiger partial charge in [-0.2, -0.15) is 0 Å². The molecule has 0 radical (unpaired) electrons. The lowest BCUT2D eigenvalue weighted by Gasteiger charge is -2.37. The van der Waals surface area contributed by atoms with E-state index in [1.54, 1.807) is 10.9 Å². The topological polar surface area (TPSA) is 141 Å². The van der Waals surface area contributed by atoms with Gasteiger partial charge in [-0.05, 0) is 18.1 Å². The van der Waals surface area contributed by atoms with Crippen LogP contribution in [-0.4, -0.2) is 76.1 Å². The average Bonchev–Trinajstić information content (AvgIpc) is 3.19. The number of imidazole rings is 1. The number of nitrogen functional groups attached to an aromatic ring is 1. The van der Waals surface area contributed by atoms with Gasteiger partial charge in [-0.15, -0.1) is 0 Å². The van der Waals surface area contributed by atoms with E-state index >= 15 is 0 Å². The molecule has 11 heteroatoms.